The van der Waals surface area contributed by atoms with Crippen LogP contribution >= 0.6 is 11.3 Å². The van der Waals surface area contributed by atoms with Crippen molar-refractivity contribution in [2.45, 2.75) is 6.42 Å². The van der Waals surface area contributed by atoms with Gasteiger partial charge in [-0.3, -0.25) is 14.5 Å². The molecular weight excluding hydrogens is 432 g/mol. The van der Waals surface area contributed by atoms with Crippen LogP contribution in [0.3, 0.4) is 0 Å². The third-order valence-corrected chi connectivity index (χ3v) is 6.83. The van der Waals surface area contributed by atoms with Crippen molar-refractivity contribution in [3.05, 3.63) is 82.6 Å². The Morgan fingerprint density at radius 3 is 2.39 bits per heavy atom. The molecule has 3 aromatic rings. The van der Waals surface area contributed by atoms with E-state index in [1.165, 1.54) is 17.0 Å². The van der Waals surface area contributed by atoms with E-state index in [1.807, 2.05) is 35.7 Å². The fraction of sp³-hybridized carbons (Fsp3) is 0.308. The summed E-state index contributed by atoms with van der Waals surface area (Å²) in [5, 5.41) is 4.91. The van der Waals surface area contributed by atoms with E-state index in [2.05, 4.69) is 39.4 Å². The van der Waals surface area contributed by atoms with Gasteiger partial charge in [-0.25, -0.2) is 0 Å². The van der Waals surface area contributed by atoms with Gasteiger partial charge >= 0.3 is 0 Å². The summed E-state index contributed by atoms with van der Waals surface area (Å²) in [4.78, 5) is 32.7. The lowest BCUT2D eigenvalue weighted by molar-refractivity contribution is 0.0952. The lowest BCUT2D eigenvalue weighted by atomic mass is 10.1. The molecule has 0 spiro atoms. The molecule has 2 aromatic carbocycles. The number of piperazine rings is 1. The van der Waals surface area contributed by atoms with Crippen LogP contribution in [0.1, 0.15) is 26.5 Å². The quantitative estimate of drug-likeness (QED) is 0.515. The van der Waals surface area contributed by atoms with Crippen LogP contribution in [0.4, 0.5) is 11.4 Å². The molecule has 172 valence electrons. The van der Waals surface area contributed by atoms with Crippen molar-refractivity contribution in [3.8, 4) is 0 Å². The summed E-state index contributed by atoms with van der Waals surface area (Å²) in [6.45, 7) is 5.67. The fourth-order valence-electron chi connectivity index (χ4n) is 4.10. The highest BCUT2D eigenvalue weighted by molar-refractivity contribution is 7.12. The van der Waals surface area contributed by atoms with Gasteiger partial charge in [-0.05, 0) is 48.7 Å². The van der Waals surface area contributed by atoms with Crippen LogP contribution in [0.2, 0.25) is 0 Å². The summed E-state index contributed by atoms with van der Waals surface area (Å²) < 4.78 is 0. The summed E-state index contributed by atoms with van der Waals surface area (Å²) in [5.74, 6) is -0.259. The number of nitrogens with zero attached hydrogens (tertiary/aromatic N) is 3. The molecule has 1 saturated heterocycles. The summed E-state index contributed by atoms with van der Waals surface area (Å²) in [7, 11) is 1.71. The number of carbonyl (C=O) groups excluding carboxylic acids is 2. The molecule has 0 aliphatic carbocycles. The van der Waals surface area contributed by atoms with E-state index in [-0.39, 0.29) is 11.8 Å². The van der Waals surface area contributed by atoms with Gasteiger partial charge in [-0.2, -0.15) is 0 Å². The first-order chi connectivity index (χ1) is 16.1. The maximum Gasteiger partial charge on any atom is 0.268 e. The minimum absolute atomic E-state index is 0.111. The Kier molecular flexibility index (Phi) is 7.75. The molecule has 0 radical (unpaired) electrons. The van der Waals surface area contributed by atoms with Gasteiger partial charge in [0.25, 0.3) is 11.8 Å². The van der Waals surface area contributed by atoms with E-state index in [4.69, 9.17) is 0 Å². The number of rotatable bonds is 8. The molecule has 0 bridgehead atoms. The van der Waals surface area contributed by atoms with Gasteiger partial charge in [0, 0.05) is 45.5 Å². The summed E-state index contributed by atoms with van der Waals surface area (Å²) in [6.07, 6.45) is 0.892. The highest BCUT2D eigenvalue weighted by Gasteiger charge is 2.20. The Bertz CT molecular complexity index is 1050. The number of thiophene rings is 1. The summed E-state index contributed by atoms with van der Waals surface area (Å²) in [6, 6.07) is 21.4. The highest BCUT2D eigenvalue weighted by Crippen LogP contribution is 2.22. The molecule has 1 aliphatic heterocycles. The number of nitrogens with one attached hydrogen (secondary N) is 1. The number of benzene rings is 2. The molecule has 1 N–H and O–H groups in total. The Morgan fingerprint density at radius 2 is 1.67 bits per heavy atom. The number of carbonyl (C=O) groups is 2. The predicted molar refractivity (Wildman–Crippen MR) is 136 cm³/mol. The number of anilines is 2. The Labute approximate surface area is 199 Å². The van der Waals surface area contributed by atoms with Crippen LogP contribution < -0.4 is 15.1 Å². The molecule has 2 heterocycles. The standard InChI is InChI=1S/C26H30N4O2S/c1-28(26(32)24-13-7-20-33-24)23-12-6-5-11-22(23)25(31)27-14-8-15-29-16-18-30(19-17-29)21-9-3-2-4-10-21/h2-7,9-13,20H,8,14-19H2,1H3,(H,27,31). The number of hydrogen-bond donors (Lipinski definition) is 1. The molecule has 1 aromatic heterocycles. The van der Waals surface area contributed by atoms with Crippen LogP contribution in [0.5, 0.6) is 0 Å². The molecule has 0 saturated carbocycles. The van der Waals surface area contributed by atoms with Gasteiger partial charge in [-0.1, -0.05) is 36.4 Å². The van der Waals surface area contributed by atoms with Gasteiger partial charge in [-0.15, -0.1) is 11.3 Å². The van der Waals surface area contributed by atoms with Crippen LogP contribution in [0.15, 0.2) is 72.1 Å². The lowest BCUT2D eigenvalue weighted by Crippen LogP contribution is -2.47. The van der Waals surface area contributed by atoms with E-state index < -0.39 is 0 Å². The van der Waals surface area contributed by atoms with E-state index in [0.29, 0.717) is 22.7 Å². The molecule has 1 fully saturated rings. The van der Waals surface area contributed by atoms with Gasteiger partial charge in [0.05, 0.1) is 16.1 Å². The van der Waals surface area contributed by atoms with E-state index in [9.17, 15) is 9.59 Å². The zero-order valence-electron chi connectivity index (χ0n) is 18.9. The second-order valence-corrected chi connectivity index (χ2v) is 9.08. The fourth-order valence-corrected chi connectivity index (χ4v) is 4.80. The maximum absolute atomic E-state index is 12.9. The Hall–Kier alpha value is -3.16. The summed E-state index contributed by atoms with van der Waals surface area (Å²) >= 11 is 1.40. The van der Waals surface area contributed by atoms with Crippen molar-refractivity contribution in [2.75, 3.05) is 56.1 Å². The molecule has 0 unspecified atom stereocenters. The second kappa shape index (κ2) is 11.1. The third kappa shape index (κ3) is 5.80. The van der Waals surface area contributed by atoms with Gasteiger partial charge in [0.1, 0.15) is 0 Å². The molecule has 1 aliphatic rings. The molecule has 4 rings (SSSR count). The SMILES string of the molecule is CN(C(=O)c1cccs1)c1ccccc1C(=O)NCCCN1CCN(c2ccccc2)CC1. The number of amides is 2. The molecule has 2 amide bonds. The molecule has 0 atom stereocenters. The largest absolute Gasteiger partial charge is 0.369 e. The topological polar surface area (TPSA) is 55.9 Å². The predicted octanol–water partition coefficient (Wildman–Crippen LogP) is 3.97. The Morgan fingerprint density at radius 1 is 0.939 bits per heavy atom. The lowest BCUT2D eigenvalue weighted by Gasteiger charge is -2.36. The van der Waals surface area contributed by atoms with Crippen LogP contribution in [-0.4, -0.2) is 63.0 Å². The maximum atomic E-state index is 12.9. The van der Waals surface area contributed by atoms with Crippen LogP contribution in [0, 0.1) is 0 Å². The number of hydrogen-bond acceptors (Lipinski definition) is 5. The van der Waals surface area contributed by atoms with Crippen LogP contribution in [-0.2, 0) is 0 Å². The van der Waals surface area contributed by atoms with Crippen LogP contribution in [0.25, 0.3) is 0 Å². The number of para-hydroxylation sites is 2. The summed E-state index contributed by atoms with van der Waals surface area (Å²) in [5.41, 5.74) is 2.41. The third-order valence-electron chi connectivity index (χ3n) is 5.98. The van der Waals surface area contributed by atoms with Crippen molar-refractivity contribution in [3.63, 3.8) is 0 Å². The monoisotopic (exact) mass is 462 g/mol. The van der Waals surface area contributed by atoms with E-state index >= 15 is 0 Å². The molecular formula is C26H30N4O2S. The van der Waals surface area contributed by atoms with Gasteiger partial charge in [0.15, 0.2) is 0 Å². The Balaban J connectivity index is 1.24. The average molecular weight is 463 g/mol. The van der Waals surface area contributed by atoms with Gasteiger partial charge < -0.3 is 15.1 Å². The smallest absolute Gasteiger partial charge is 0.268 e. The first-order valence-corrected chi connectivity index (χ1v) is 12.2. The minimum Gasteiger partial charge on any atom is -0.369 e. The van der Waals surface area contributed by atoms with Crippen molar-refractivity contribution in [1.82, 2.24) is 10.2 Å². The second-order valence-electron chi connectivity index (χ2n) is 8.13. The minimum atomic E-state index is -0.148. The average Bonchev–Trinajstić information content (AvgIpc) is 3.42. The molecule has 6 nitrogen and oxygen atoms in total. The van der Waals surface area contributed by atoms with E-state index in [0.717, 1.165) is 39.1 Å². The zero-order valence-corrected chi connectivity index (χ0v) is 19.8. The van der Waals surface area contributed by atoms with Crippen molar-refractivity contribution in [2.24, 2.45) is 0 Å². The molecule has 33 heavy (non-hydrogen) atoms. The van der Waals surface area contributed by atoms with Crippen molar-refractivity contribution >= 4 is 34.5 Å². The van der Waals surface area contributed by atoms with Crippen molar-refractivity contribution in [1.29, 1.82) is 0 Å². The molecule has 7 heteroatoms. The highest BCUT2D eigenvalue weighted by atomic mass is 32.1. The first-order valence-electron chi connectivity index (χ1n) is 11.3. The van der Waals surface area contributed by atoms with Gasteiger partial charge in [0.2, 0.25) is 0 Å². The van der Waals surface area contributed by atoms with Crippen molar-refractivity contribution < 1.29 is 9.59 Å². The van der Waals surface area contributed by atoms with E-state index in [1.54, 1.807) is 24.1 Å². The zero-order chi connectivity index (χ0) is 23.0. The normalized spacial score (nSPS) is 14.2. The first kappa shape index (κ1) is 23.0.